The van der Waals surface area contributed by atoms with E-state index < -0.39 is 0 Å². The maximum absolute atomic E-state index is 12.5. The van der Waals surface area contributed by atoms with Gasteiger partial charge in [-0.05, 0) is 30.3 Å². The third-order valence-corrected chi connectivity index (χ3v) is 4.55. The maximum atomic E-state index is 12.5. The smallest absolute Gasteiger partial charge is 0.232 e. The molecule has 0 bridgehead atoms. The molecule has 0 aliphatic carbocycles. The van der Waals surface area contributed by atoms with E-state index in [9.17, 15) is 4.79 Å². The third kappa shape index (κ3) is 3.01. The lowest BCUT2D eigenvalue weighted by molar-refractivity contribution is -0.117. The van der Waals surface area contributed by atoms with Crippen molar-refractivity contribution in [3.63, 3.8) is 0 Å². The minimum Gasteiger partial charge on any atom is -0.495 e. The second-order valence-electron chi connectivity index (χ2n) is 5.90. The maximum Gasteiger partial charge on any atom is 0.232 e. The van der Waals surface area contributed by atoms with Crippen LogP contribution in [0.25, 0.3) is 11.5 Å². The number of anilines is 1. The highest BCUT2D eigenvalue weighted by Gasteiger charge is 2.35. The van der Waals surface area contributed by atoms with Gasteiger partial charge in [0.25, 0.3) is 0 Å². The Hall–Kier alpha value is -2.93. The van der Waals surface area contributed by atoms with Gasteiger partial charge in [0.05, 0.1) is 18.1 Å². The molecule has 1 atom stereocenters. The van der Waals surface area contributed by atoms with Crippen LogP contribution in [-0.2, 0) is 4.79 Å². The van der Waals surface area contributed by atoms with E-state index in [-0.39, 0.29) is 11.8 Å². The average Bonchev–Trinajstić information content (AvgIpc) is 3.29. The molecule has 3 aromatic rings. The molecule has 0 N–H and O–H groups in total. The fourth-order valence-electron chi connectivity index (χ4n) is 2.95. The van der Waals surface area contributed by atoms with Crippen LogP contribution in [0.3, 0.4) is 0 Å². The van der Waals surface area contributed by atoms with E-state index in [4.69, 9.17) is 20.9 Å². The molecule has 0 unspecified atom stereocenters. The van der Waals surface area contributed by atoms with Crippen LogP contribution in [0.2, 0.25) is 5.02 Å². The fourth-order valence-corrected chi connectivity index (χ4v) is 3.20. The van der Waals surface area contributed by atoms with E-state index in [1.807, 2.05) is 12.1 Å². The number of carbonyl (C=O) groups is 1. The summed E-state index contributed by atoms with van der Waals surface area (Å²) in [7, 11) is 1.55. The van der Waals surface area contributed by atoms with E-state index in [1.165, 1.54) is 0 Å². The van der Waals surface area contributed by atoms with Gasteiger partial charge >= 0.3 is 0 Å². The van der Waals surface area contributed by atoms with Crippen molar-refractivity contribution < 1.29 is 14.1 Å². The Bertz CT molecular complexity index is 945. The fraction of sp³-hybridized carbons (Fsp3) is 0.222. The first kappa shape index (κ1) is 16.5. The molecule has 132 valence electrons. The van der Waals surface area contributed by atoms with E-state index in [2.05, 4.69) is 15.1 Å². The molecule has 0 spiro atoms. The number of hydrogen-bond donors (Lipinski definition) is 0. The summed E-state index contributed by atoms with van der Waals surface area (Å²) in [5.41, 5.74) is 1.35. The molecule has 3 heterocycles. The highest BCUT2D eigenvalue weighted by Crippen LogP contribution is 2.35. The molecule has 1 amide bonds. The standard InChI is InChI=1S/C18H15ClN4O3/c1-25-15-6-5-12(9-13(15)19)23-10-11(8-16(23)24)18-21-17(22-26-18)14-4-2-3-7-20-14/h2-7,9,11H,8,10H2,1H3/t11-/m0/s1. The number of amides is 1. The predicted octanol–water partition coefficient (Wildman–Crippen LogP) is 3.31. The minimum atomic E-state index is -0.173. The van der Waals surface area contributed by atoms with E-state index in [0.717, 1.165) is 0 Å². The number of carbonyl (C=O) groups excluding carboxylic acids is 1. The van der Waals surface area contributed by atoms with Crippen LogP contribution in [0, 0.1) is 0 Å². The number of rotatable bonds is 4. The van der Waals surface area contributed by atoms with Crippen LogP contribution in [-0.4, -0.2) is 34.7 Å². The second-order valence-corrected chi connectivity index (χ2v) is 6.30. The van der Waals surface area contributed by atoms with Crippen molar-refractivity contribution in [1.82, 2.24) is 15.1 Å². The lowest BCUT2D eigenvalue weighted by atomic mass is 10.1. The first-order chi connectivity index (χ1) is 12.7. The number of methoxy groups -OCH3 is 1. The van der Waals surface area contributed by atoms with Crippen molar-refractivity contribution in [2.75, 3.05) is 18.6 Å². The highest BCUT2D eigenvalue weighted by atomic mass is 35.5. The van der Waals surface area contributed by atoms with Crippen LogP contribution in [0.1, 0.15) is 18.2 Å². The molecule has 0 saturated carbocycles. The van der Waals surface area contributed by atoms with Crippen LogP contribution in [0.15, 0.2) is 47.1 Å². The molecule has 0 radical (unpaired) electrons. The zero-order valence-corrected chi connectivity index (χ0v) is 14.7. The summed E-state index contributed by atoms with van der Waals surface area (Å²) in [6.07, 6.45) is 1.97. The third-order valence-electron chi connectivity index (χ3n) is 4.26. The molecule has 1 saturated heterocycles. The molecule has 1 aliphatic heterocycles. The van der Waals surface area contributed by atoms with Gasteiger partial charge in [0.2, 0.25) is 17.6 Å². The van der Waals surface area contributed by atoms with Gasteiger partial charge in [-0.15, -0.1) is 0 Å². The minimum absolute atomic E-state index is 0.0196. The molecule has 4 rings (SSSR count). The molecule has 8 heteroatoms. The number of halogens is 1. The van der Waals surface area contributed by atoms with Crippen molar-refractivity contribution in [1.29, 1.82) is 0 Å². The number of pyridine rings is 1. The highest BCUT2D eigenvalue weighted by molar-refractivity contribution is 6.32. The summed E-state index contributed by atoms with van der Waals surface area (Å²) in [5, 5.41) is 4.43. The van der Waals surface area contributed by atoms with Crippen LogP contribution in [0.5, 0.6) is 5.75 Å². The lowest BCUT2D eigenvalue weighted by Gasteiger charge is -2.17. The second kappa shape index (κ2) is 6.76. The van der Waals surface area contributed by atoms with Gasteiger partial charge in [-0.2, -0.15) is 4.98 Å². The van der Waals surface area contributed by atoms with Gasteiger partial charge in [0, 0.05) is 24.8 Å². The van der Waals surface area contributed by atoms with Crippen LogP contribution >= 0.6 is 11.6 Å². The van der Waals surface area contributed by atoms with Gasteiger partial charge in [-0.1, -0.05) is 22.8 Å². The van der Waals surface area contributed by atoms with E-state index >= 15 is 0 Å². The summed E-state index contributed by atoms with van der Waals surface area (Å²) in [4.78, 5) is 22.7. The summed E-state index contributed by atoms with van der Waals surface area (Å²) in [6, 6.07) is 10.7. The Morgan fingerprint density at radius 2 is 2.19 bits per heavy atom. The first-order valence-electron chi connectivity index (χ1n) is 8.04. The van der Waals surface area contributed by atoms with Gasteiger partial charge < -0.3 is 14.2 Å². The number of benzene rings is 1. The van der Waals surface area contributed by atoms with Gasteiger partial charge in [-0.3, -0.25) is 9.78 Å². The summed E-state index contributed by atoms with van der Waals surface area (Å²) in [5.74, 6) is 1.22. The summed E-state index contributed by atoms with van der Waals surface area (Å²) >= 11 is 6.17. The zero-order valence-electron chi connectivity index (χ0n) is 13.9. The predicted molar refractivity (Wildman–Crippen MR) is 95.2 cm³/mol. The Balaban J connectivity index is 1.55. The largest absolute Gasteiger partial charge is 0.495 e. The SMILES string of the molecule is COc1ccc(N2C[C@@H](c3nc(-c4ccccn4)no3)CC2=O)cc1Cl. The van der Waals surface area contributed by atoms with Gasteiger partial charge in [-0.25, -0.2) is 0 Å². The number of hydrogen-bond acceptors (Lipinski definition) is 6. The number of ether oxygens (including phenoxy) is 1. The number of nitrogens with zero attached hydrogens (tertiary/aromatic N) is 4. The normalized spacial score (nSPS) is 16.9. The van der Waals surface area contributed by atoms with Crippen molar-refractivity contribution >= 4 is 23.2 Å². The molecule has 26 heavy (non-hydrogen) atoms. The lowest BCUT2D eigenvalue weighted by Crippen LogP contribution is -2.24. The van der Waals surface area contributed by atoms with Gasteiger partial charge in [0.15, 0.2) is 0 Å². The molecular weight excluding hydrogens is 356 g/mol. The van der Waals surface area contributed by atoms with Crippen LogP contribution in [0.4, 0.5) is 5.69 Å². The monoisotopic (exact) mass is 370 g/mol. The topological polar surface area (TPSA) is 81.3 Å². The summed E-state index contributed by atoms with van der Waals surface area (Å²) in [6.45, 7) is 0.450. The quantitative estimate of drug-likeness (QED) is 0.700. The molecule has 7 nitrogen and oxygen atoms in total. The Morgan fingerprint density at radius 1 is 1.31 bits per heavy atom. The molecule has 1 aliphatic rings. The molecule has 1 fully saturated rings. The van der Waals surface area contributed by atoms with E-state index in [0.29, 0.717) is 46.8 Å². The molecule has 1 aromatic carbocycles. The first-order valence-corrected chi connectivity index (χ1v) is 8.42. The Kier molecular flexibility index (Phi) is 4.30. The Labute approximate surface area is 154 Å². The van der Waals surface area contributed by atoms with Crippen molar-refractivity contribution in [2.24, 2.45) is 0 Å². The Morgan fingerprint density at radius 3 is 2.92 bits per heavy atom. The zero-order chi connectivity index (χ0) is 18.1. The van der Waals surface area contributed by atoms with Gasteiger partial charge in [0.1, 0.15) is 11.4 Å². The molecular formula is C18H15ClN4O3. The van der Waals surface area contributed by atoms with Crippen LogP contribution < -0.4 is 9.64 Å². The number of aromatic nitrogens is 3. The van der Waals surface area contributed by atoms with Crippen molar-refractivity contribution in [3.8, 4) is 17.3 Å². The summed E-state index contributed by atoms with van der Waals surface area (Å²) < 4.78 is 10.5. The average molecular weight is 371 g/mol. The molecule has 2 aromatic heterocycles. The van der Waals surface area contributed by atoms with Crippen molar-refractivity contribution in [2.45, 2.75) is 12.3 Å². The van der Waals surface area contributed by atoms with E-state index in [1.54, 1.807) is 42.5 Å². The van der Waals surface area contributed by atoms with Crippen molar-refractivity contribution in [3.05, 3.63) is 53.5 Å².